The third-order valence-corrected chi connectivity index (χ3v) is 4.34. The Bertz CT molecular complexity index is 482. The maximum absolute atomic E-state index is 11.0. The van der Waals surface area contributed by atoms with Crippen molar-refractivity contribution < 1.29 is 33.8 Å². The number of ether oxygens (including phenoxy) is 1. The first-order valence-electron chi connectivity index (χ1n) is 6.16. The molecule has 0 bridgehead atoms. The molecule has 0 aliphatic rings. The SMILES string of the molecule is COc1ccc(CCN(CP(=O)(O)O)C[PH](O)(O)O)cc1. The average molecular weight is 341 g/mol. The van der Waals surface area contributed by atoms with Gasteiger partial charge in [-0.1, -0.05) is 0 Å². The molecule has 0 atom stereocenters. The maximum atomic E-state index is 11.0. The first kappa shape index (κ1) is 18.5. The van der Waals surface area contributed by atoms with Crippen LogP contribution in [-0.4, -0.2) is 55.6 Å². The van der Waals surface area contributed by atoms with Gasteiger partial charge in [0, 0.05) is 0 Å². The van der Waals surface area contributed by atoms with Crippen molar-refractivity contribution in [3.63, 3.8) is 0 Å². The Morgan fingerprint density at radius 2 is 1.76 bits per heavy atom. The van der Waals surface area contributed by atoms with Crippen LogP contribution < -0.4 is 4.74 Å². The second kappa shape index (κ2) is 7.63. The van der Waals surface area contributed by atoms with Crippen LogP contribution in [0.5, 0.6) is 5.75 Å². The van der Waals surface area contributed by atoms with Crippen LogP contribution in [0.3, 0.4) is 0 Å². The van der Waals surface area contributed by atoms with E-state index in [9.17, 15) is 4.57 Å². The van der Waals surface area contributed by atoms with Crippen molar-refractivity contribution in [1.82, 2.24) is 4.90 Å². The molecule has 0 saturated heterocycles. The molecule has 0 aliphatic carbocycles. The molecule has 0 saturated carbocycles. The molecule has 0 amide bonds. The van der Waals surface area contributed by atoms with Crippen molar-refractivity contribution in [3.8, 4) is 5.75 Å². The summed E-state index contributed by atoms with van der Waals surface area (Å²) >= 11 is 0. The Morgan fingerprint density at radius 1 is 1.19 bits per heavy atom. The molecule has 0 spiro atoms. The zero-order valence-electron chi connectivity index (χ0n) is 11.6. The fraction of sp³-hybridized carbons (Fsp3) is 0.455. The second-order valence-electron chi connectivity index (χ2n) is 4.73. The molecule has 0 heterocycles. The number of hydrogen-bond acceptors (Lipinski definition) is 6. The van der Waals surface area contributed by atoms with Gasteiger partial charge >= 0.3 is 122 Å². The summed E-state index contributed by atoms with van der Waals surface area (Å²) in [6, 6.07) is 7.11. The Kier molecular flexibility index (Phi) is 6.71. The molecule has 21 heavy (non-hydrogen) atoms. The van der Waals surface area contributed by atoms with Crippen molar-refractivity contribution in [2.45, 2.75) is 6.42 Å². The Labute approximate surface area is 123 Å². The summed E-state index contributed by atoms with van der Waals surface area (Å²) in [7, 11) is -7.21. The quantitative estimate of drug-likeness (QED) is 0.421. The molecule has 8 nitrogen and oxygen atoms in total. The monoisotopic (exact) mass is 341 g/mol. The number of benzene rings is 1. The minimum atomic E-state index is -4.41. The molecule has 1 aromatic carbocycles. The summed E-state index contributed by atoms with van der Waals surface area (Å²) in [6.45, 7) is 0.174. The van der Waals surface area contributed by atoms with E-state index in [0.29, 0.717) is 12.2 Å². The molecule has 1 aromatic rings. The van der Waals surface area contributed by atoms with Gasteiger partial charge in [-0.15, -0.1) is 0 Å². The Morgan fingerprint density at radius 3 is 2.19 bits per heavy atom. The zero-order valence-corrected chi connectivity index (χ0v) is 13.5. The van der Waals surface area contributed by atoms with Gasteiger partial charge in [0.05, 0.1) is 0 Å². The van der Waals surface area contributed by atoms with Crippen molar-refractivity contribution in [2.24, 2.45) is 0 Å². The fourth-order valence-electron chi connectivity index (χ4n) is 1.84. The van der Waals surface area contributed by atoms with E-state index in [-0.39, 0.29) is 6.54 Å². The van der Waals surface area contributed by atoms with E-state index in [2.05, 4.69) is 0 Å². The van der Waals surface area contributed by atoms with Crippen LogP contribution in [0.25, 0.3) is 0 Å². The molecule has 122 valence electrons. The summed E-state index contributed by atoms with van der Waals surface area (Å²) in [4.78, 5) is 46.4. The fourth-order valence-corrected chi connectivity index (χ4v) is 3.66. The molecule has 0 aromatic heterocycles. The van der Waals surface area contributed by atoms with Crippen LogP contribution in [0.15, 0.2) is 24.3 Å². The van der Waals surface area contributed by atoms with Gasteiger partial charge in [0.1, 0.15) is 0 Å². The van der Waals surface area contributed by atoms with Crippen molar-refractivity contribution in [1.29, 1.82) is 0 Å². The van der Waals surface area contributed by atoms with Crippen LogP contribution in [-0.2, 0) is 11.0 Å². The number of nitrogens with zero attached hydrogens (tertiary/aromatic N) is 1. The number of methoxy groups -OCH3 is 1. The normalized spacial score (nSPS) is 13.5. The van der Waals surface area contributed by atoms with Crippen LogP contribution in [0.1, 0.15) is 5.56 Å². The van der Waals surface area contributed by atoms with E-state index < -0.39 is 28.1 Å². The van der Waals surface area contributed by atoms with Gasteiger partial charge in [-0.05, 0) is 0 Å². The summed E-state index contributed by atoms with van der Waals surface area (Å²) in [5.41, 5.74) is 0.896. The van der Waals surface area contributed by atoms with Crippen LogP contribution >= 0.6 is 15.5 Å². The van der Waals surface area contributed by atoms with Crippen molar-refractivity contribution >= 4 is 15.5 Å². The summed E-state index contributed by atoms with van der Waals surface area (Å²) < 4.78 is 16.0. The second-order valence-corrected chi connectivity index (χ2v) is 8.21. The molecular formula is C11H21NO7P2. The predicted octanol–water partition coefficient (Wildman–Crippen LogP) is 0.104. The Balaban J connectivity index is 2.65. The van der Waals surface area contributed by atoms with E-state index >= 15 is 0 Å². The molecule has 0 unspecified atom stereocenters. The number of rotatable bonds is 8. The van der Waals surface area contributed by atoms with Crippen molar-refractivity contribution in [2.75, 3.05) is 26.2 Å². The van der Waals surface area contributed by atoms with E-state index in [1.54, 1.807) is 31.4 Å². The zero-order chi connectivity index (χ0) is 16.1. The molecular weight excluding hydrogens is 320 g/mol. The van der Waals surface area contributed by atoms with E-state index in [4.69, 9.17) is 29.2 Å². The summed E-state index contributed by atoms with van der Waals surface area (Å²) in [5.74, 6) is 0.693. The van der Waals surface area contributed by atoms with E-state index in [1.165, 1.54) is 0 Å². The van der Waals surface area contributed by atoms with E-state index in [1.807, 2.05) is 0 Å². The first-order chi connectivity index (χ1) is 9.59. The van der Waals surface area contributed by atoms with Crippen LogP contribution in [0.2, 0.25) is 0 Å². The van der Waals surface area contributed by atoms with Gasteiger partial charge in [-0.25, -0.2) is 0 Å². The molecule has 1 rings (SSSR count). The summed E-state index contributed by atoms with van der Waals surface area (Å²) in [6.07, 6.45) is -0.748. The van der Waals surface area contributed by atoms with Gasteiger partial charge in [0.2, 0.25) is 0 Å². The molecule has 0 fully saturated rings. The molecule has 0 aliphatic heterocycles. The molecule has 5 N–H and O–H groups in total. The van der Waals surface area contributed by atoms with Gasteiger partial charge in [0.25, 0.3) is 0 Å². The van der Waals surface area contributed by atoms with E-state index in [0.717, 1.165) is 10.5 Å². The van der Waals surface area contributed by atoms with Gasteiger partial charge in [0.15, 0.2) is 0 Å². The first-order valence-corrected chi connectivity index (χ1v) is 10.0. The third kappa shape index (κ3) is 8.46. The standard InChI is InChI=1S/C11H21NO7P2/c1-19-11-4-2-10(3-5-11)6-7-12(8-20(13,14)15)9-21(16,17)18/h2-5,13-15,20H,6-9H2,1H3,(H2,16,17,18). The topological polar surface area (TPSA) is 131 Å². The number of hydrogen-bond donors (Lipinski definition) is 5. The third-order valence-electron chi connectivity index (χ3n) is 2.70. The Hall–Kier alpha value is -0.560. The van der Waals surface area contributed by atoms with Crippen molar-refractivity contribution in [3.05, 3.63) is 29.8 Å². The average Bonchev–Trinajstić information content (AvgIpc) is 2.33. The van der Waals surface area contributed by atoms with Crippen LogP contribution in [0.4, 0.5) is 0 Å². The van der Waals surface area contributed by atoms with Crippen LogP contribution in [0, 0.1) is 0 Å². The summed E-state index contributed by atoms with van der Waals surface area (Å²) in [5, 5.41) is 0. The minimum absolute atomic E-state index is 0.174. The molecule has 0 radical (unpaired) electrons. The van der Waals surface area contributed by atoms with Gasteiger partial charge in [-0.3, -0.25) is 0 Å². The van der Waals surface area contributed by atoms with Gasteiger partial charge < -0.3 is 0 Å². The van der Waals surface area contributed by atoms with Gasteiger partial charge in [-0.2, -0.15) is 0 Å². The predicted molar refractivity (Wildman–Crippen MR) is 80.2 cm³/mol. The molecule has 10 heteroatoms.